The lowest BCUT2D eigenvalue weighted by Crippen LogP contribution is -2.32. The fourth-order valence-corrected chi connectivity index (χ4v) is 2.64. The van der Waals surface area contributed by atoms with Crippen molar-refractivity contribution >= 4 is 23.0 Å². The summed E-state index contributed by atoms with van der Waals surface area (Å²) in [4.78, 5) is 18.6. The van der Waals surface area contributed by atoms with E-state index in [1.54, 1.807) is 11.0 Å². The van der Waals surface area contributed by atoms with Gasteiger partial charge < -0.3 is 14.6 Å². The number of hydrogen-bond donors (Lipinski definition) is 1. The summed E-state index contributed by atoms with van der Waals surface area (Å²) in [5, 5.41) is 3.09. The molecule has 106 valence electrons. The highest BCUT2D eigenvalue weighted by Crippen LogP contribution is 2.24. The van der Waals surface area contributed by atoms with Crippen molar-refractivity contribution in [3.63, 3.8) is 0 Å². The minimum absolute atomic E-state index is 0.0545. The summed E-state index contributed by atoms with van der Waals surface area (Å²) in [7, 11) is 3.73. The van der Waals surface area contributed by atoms with Gasteiger partial charge in [0.1, 0.15) is 5.52 Å². The number of fused-ring (bicyclic) bond motifs is 1. The third-order valence-electron chi connectivity index (χ3n) is 3.73. The van der Waals surface area contributed by atoms with E-state index in [9.17, 15) is 4.79 Å². The number of aromatic nitrogens is 1. The van der Waals surface area contributed by atoms with Crippen molar-refractivity contribution in [2.45, 2.75) is 31.7 Å². The van der Waals surface area contributed by atoms with Gasteiger partial charge in [-0.2, -0.15) is 4.98 Å². The van der Waals surface area contributed by atoms with Gasteiger partial charge in [0, 0.05) is 20.1 Å². The fraction of sp³-hybridized carbons (Fsp3) is 0.467. The number of nitrogens with one attached hydrogen (secondary N) is 1. The Labute approximate surface area is 118 Å². The third kappa shape index (κ3) is 2.35. The number of amides is 1. The summed E-state index contributed by atoms with van der Waals surface area (Å²) >= 11 is 0. The number of rotatable bonds is 3. The number of oxazole rings is 1. The van der Waals surface area contributed by atoms with Crippen LogP contribution in [-0.4, -0.2) is 31.0 Å². The smallest absolute Gasteiger partial charge is 0.297 e. The highest BCUT2D eigenvalue weighted by Gasteiger charge is 2.21. The van der Waals surface area contributed by atoms with Gasteiger partial charge in [0.05, 0.1) is 5.56 Å². The summed E-state index contributed by atoms with van der Waals surface area (Å²) < 4.78 is 5.63. The Hall–Kier alpha value is -2.04. The minimum Gasteiger partial charge on any atom is -0.423 e. The van der Waals surface area contributed by atoms with E-state index in [2.05, 4.69) is 10.3 Å². The number of carbonyl (C=O) groups is 1. The lowest BCUT2D eigenvalue weighted by Gasteiger charge is -2.11. The Bertz CT molecular complexity index is 627. The van der Waals surface area contributed by atoms with Crippen LogP contribution in [0.2, 0.25) is 0 Å². The van der Waals surface area contributed by atoms with Crippen LogP contribution in [0.4, 0.5) is 6.01 Å². The maximum atomic E-state index is 12.4. The van der Waals surface area contributed by atoms with Crippen molar-refractivity contribution in [2.75, 3.05) is 19.0 Å². The number of anilines is 1. The highest BCUT2D eigenvalue weighted by molar-refractivity contribution is 6.04. The van der Waals surface area contributed by atoms with Gasteiger partial charge in [-0.25, -0.2) is 0 Å². The van der Waals surface area contributed by atoms with Crippen molar-refractivity contribution in [1.82, 2.24) is 10.3 Å². The van der Waals surface area contributed by atoms with Crippen molar-refractivity contribution in [3.05, 3.63) is 23.8 Å². The first-order valence-electron chi connectivity index (χ1n) is 7.03. The molecule has 0 bridgehead atoms. The molecule has 0 atom stereocenters. The average molecular weight is 273 g/mol. The van der Waals surface area contributed by atoms with Gasteiger partial charge in [0.2, 0.25) is 0 Å². The Kier molecular flexibility index (Phi) is 3.34. The Morgan fingerprint density at radius 3 is 2.80 bits per heavy atom. The Morgan fingerprint density at radius 2 is 2.10 bits per heavy atom. The molecule has 1 aromatic carbocycles. The largest absolute Gasteiger partial charge is 0.423 e. The summed E-state index contributed by atoms with van der Waals surface area (Å²) in [5.74, 6) is -0.0545. The number of nitrogens with zero attached hydrogens (tertiary/aromatic N) is 2. The topological polar surface area (TPSA) is 58.4 Å². The first kappa shape index (κ1) is 13.0. The molecule has 1 fully saturated rings. The third-order valence-corrected chi connectivity index (χ3v) is 3.73. The molecule has 1 N–H and O–H groups in total. The molecule has 1 saturated carbocycles. The molecule has 2 aromatic rings. The van der Waals surface area contributed by atoms with E-state index in [4.69, 9.17) is 4.42 Å². The second kappa shape index (κ2) is 5.15. The molecule has 20 heavy (non-hydrogen) atoms. The van der Waals surface area contributed by atoms with Gasteiger partial charge in [0.15, 0.2) is 5.58 Å². The standard InChI is InChI=1S/C15H19N3O2/c1-18(2)15-17-13-11(8-5-9-12(13)20-15)14(19)16-10-6-3-4-7-10/h5,8-10H,3-4,6-7H2,1-2H3,(H,16,19). The van der Waals surface area contributed by atoms with E-state index in [0.29, 0.717) is 28.7 Å². The molecule has 5 heteroatoms. The average Bonchev–Trinajstić information content (AvgIpc) is 3.05. The number of carbonyl (C=O) groups excluding carboxylic acids is 1. The predicted molar refractivity (Wildman–Crippen MR) is 78.1 cm³/mol. The summed E-state index contributed by atoms with van der Waals surface area (Å²) in [6.45, 7) is 0. The lowest BCUT2D eigenvalue weighted by molar-refractivity contribution is 0.0939. The fourth-order valence-electron chi connectivity index (χ4n) is 2.64. The molecule has 1 amide bonds. The zero-order valence-corrected chi connectivity index (χ0v) is 11.8. The van der Waals surface area contributed by atoms with E-state index in [-0.39, 0.29) is 5.91 Å². The van der Waals surface area contributed by atoms with Crippen LogP contribution in [0.1, 0.15) is 36.0 Å². The molecular weight excluding hydrogens is 254 g/mol. The van der Waals surface area contributed by atoms with E-state index < -0.39 is 0 Å². The first-order valence-corrected chi connectivity index (χ1v) is 7.03. The molecule has 5 nitrogen and oxygen atoms in total. The van der Waals surface area contributed by atoms with Crippen molar-refractivity contribution in [2.24, 2.45) is 0 Å². The van der Waals surface area contributed by atoms with E-state index in [1.165, 1.54) is 12.8 Å². The van der Waals surface area contributed by atoms with Crippen molar-refractivity contribution < 1.29 is 9.21 Å². The zero-order chi connectivity index (χ0) is 14.1. The van der Waals surface area contributed by atoms with Crippen LogP contribution in [-0.2, 0) is 0 Å². The van der Waals surface area contributed by atoms with Gasteiger partial charge in [-0.05, 0) is 25.0 Å². The lowest BCUT2D eigenvalue weighted by atomic mass is 10.1. The molecule has 1 aliphatic rings. The summed E-state index contributed by atoms with van der Waals surface area (Å²) in [6, 6.07) is 6.28. The van der Waals surface area contributed by atoms with Gasteiger partial charge >= 0.3 is 0 Å². The second-order valence-corrected chi connectivity index (χ2v) is 5.50. The van der Waals surface area contributed by atoms with Gasteiger partial charge in [-0.3, -0.25) is 4.79 Å². The monoisotopic (exact) mass is 273 g/mol. The number of para-hydroxylation sites is 1. The quantitative estimate of drug-likeness (QED) is 0.933. The van der Waals surface area contributed by atoms with Gasteiger partial charge in [0.25, 0.3) is 11.9 Å². The van der Waals surface area contributed by atoms with Crippen molar-refractivity contribution in [3.8, 4) is 0 Å². The van der Waals surface area contributed by atoms with Crippen molar-refractivity contribution in [1.29, 1.82) is 0 Å². The minimum atomic E-state index is -0.0545. The molecule has 0 saturated heterocycles. The normalized spacial score (nSPS) is 15.7. The maximum absolute atomic E-state index is 12.4. The predicted octanol–water partition coefficient (Wildman–Crippen LogP) is 2.57. The molecule has 1 aliphatic carbocycles. The van der Waals surface area contributed by atoms with Crippen LogP contribution in [0, 0.1) is 0 Å². The Balaban J connectivity index is 1.91. The molecule has 0 spiro atoms. The van der Waals surface area contributed by atoms with E-state index in [1.807, 2.05) is 26.2 Å². The Morgan fingerprint density at radius 1 is 1.35 bits per heavy atom. The molecule has 1 heterocycles. The van der Waals surface area contributed by atoms with E-state index >= 15 is 0 Å². The molecule has 1 aromatic heterocycles. The van der Waals surface area contributed by atoms with Crippen LogP contribution in [0.5, 0.6) is 0 Å². The summed E-state index contributed by atoms with van der Waals surface area (Å²) in [5.41, 5.74) is 1.87. The maximum Gasteiger partial charge on any atom is 0.297 e. The van der Waals surface area contributed by atoms with Crippen LogP contribution < -0.4 is 10.2 Å². The van der Waals surface area contributed by atoms with Crippen LogP contribution >= 0.6 is 0 Å². The molecule has 0 radical (unpaired) electrons. The zero-order valence-electron chi connectivity index (χ0n) is 11.8. The number of hydrogen-bond acceptors (Lipinski definition) is 4. The first-order chi connectivity index (χ1) is 9.65. The molecule has 0 aliphatic heterocycles. The van der Waals surface area contributed by atoms with Gasteiger partial charge in [-0.15, -0.1) is 0 Å². The number of benzene rings is 1. The molecule has 0 unspecified atom stereocenters. The molecular formula is C15H19N3O2. The highest BCUT2D eigenvalue weighted by atomic mass is 16.4. The second-order valence-electron chi connectivity index (χ2n) is 5.50. The summed E-state index contributed by atoms with van der Waals surface area (Å²) in [6.07, 6.45) is 4.54. The van der Waals surface area contributed by atoms with E-state index in [0.717, 1.165) is 12.8 Å². The van der Waals surface area contributed by atoms with Gasteiger partial charge in [-0.1, -0.05) is 18.9 Å². The van der Waals surface area contributed by atoms with Crippen LogP contribution in [0.15, 0.2) is 22.6 Å². The van der Waals surface area contributed by atoms with Crippen LogP contribution in [0.25, 0.3) is 11.1 Å². The van der Waals surface area contributed by atoms with Crippen LogP contribution in [0.3, 0.4) is 0 Å². The molecule has 3 rings (SSSR count). The SMILES string of the molecule is CN(C)c1nc2c(C(=O)NC3CCCC3)cccc2o1.